The van der Waals surface area contributed by atoms with Crippen LogP contribution in [0.1, 0.15) is 29.6 Å². The predicted molar refractivity (Wildman–Crippen MR) is 102 cm³/mol. The fraction of sp³-hybridized carbons (Fsp3) is 0.500. The van der Waals surface area contributed by atoms with Gasteiger partial charge in [-0.15, -0.1) is 0 Å². The summed E-state index contributed by atoms with van der Waals surface area (Å²) in [4.78, 5) is 14.6. The zero-order valence-corrected chi connectivity index (χ0v) is 15.6. The fourth-order valence-corrected chi connectivity index (χ4v) is 4.26. The highest BCUT2D eigenvalue weighted by molar-refractivity contribution is 5.94. The summed E-state index contributed by atoms with van der Waals surface area (Å²) >= 11 is 0. The molecule has 0 spiro atoms. The van der Waals surface area contributed by atoms with Gasteiger partial charge in [-0.2, -0.15) is 0 Å². The fourth-order valence-electron chi connectivity index (χ4n) is 4.26. The first-order valence-electron chi connectivity index (χ1n) is 9.89. The molecule has 0 aliphatic carbocycles. The van der Waals surface area contributed by atoms with Crippen molar-refractivity contribution < 1.29 is 18.8 Å². The predicted octanol–water partition coefficient (Wildman–Crippen LogP) is 1.93. The Balaban J connectivity index is 1.18. The second-order valence-corrected chi connectivity index (χ2v) is 7.59. The molecule has 3 unspecified atom stereocenters. The van der Waals surface area contributed by atoms with Gasteiger partial charge in [-0.1, -0.05) is 0 Å². The Morgan fingerprint density at radius 2 is 2.04 bits per heavy atom. The Bertz CT molecular complexity index is 831. The van der Waals surface area contributed by atoms with Crippen LogP contribution in [-0.4, -0.2) is 55.5 Å². The van der Waals surface area contributed by atoms with Crippen LogP contribution in [0.15, 0.2) is 34.9 Å². The molecule has 148 valence electrons. The van der Waals surface area contributed by atoms with E-state index in [2.05, 4.69) is 20.7 Å². The van der Waals surface area contributed by atoms with Crippen molar-refractivity contribution in [3.8, 4) is 11.6 Å². The molecule has 8 heteroatoms. The molecule has 8 nitrogen and oxygen atoms in total. The summed E-state index contributed by atoms with van der Waals surface area (Å²) in [6.45, 7) is 2.91. The van der Waals surface area contributed by atoms with Gasteiger partial charge in [-0.05, 0) is 48.7 Å². The van der Waals surface area contributed by atoms with Crippen molar-refractivity contribution >= 4 is 11.8 Å². The largest absolute Gasteiger partial charge is 0.436 e. The highest BCUT2D eigenvalue weighted by Crippen LogP contribution is 2.29. The molecule has 2 bridgehead atoms. The number of benzene rings is 1. The maximum atomic E-state index is 12.5. The van der Waals surface area contributed by atoms with Gasteiger partial charge in [0.05, 0.1) is 19.3 Å². The first kappa shape index (κ1) is 17.5. The minimum absolute atomic E-state index is 0.0399. The number of fused-ring (bicyclic) bond motifs is 2. The molecule has 5 rings (SSSR count). The lowest BCUT2D eigenvalue weighted by Crippen LogP contribution is -2.42. The van der Waals surface area contributed by atoms with Gasteiger partial charge in [-0.25, -0.2) is 0 Å². The molecule has 4 heterocycles. The number of hydrogen-bond acceptors (Lipinski definition) is 7. The van der Waals surface area contributed by atoms with Crippen LogP contribution in [0.25, 0.3) is 0 Å². The molecule has 28 heavy (non-hydrogen) atoms. The third-order valence-corrected chi connectivity index (χ3v) is 5.75. The SMILES string of the molecule is O=C(NC1CC2CCC1N2)c1ccc(Oc2cc(N3CCOCC3)on2)cc1. The minimum Gasteiger partial charge on any atom is -0.436 e. The van der Waals surface area contributed by atoms with Gasteiger partial charge in [0.25, 0.3) is 11.8 Å². The summed E-state index contributed by atoms with van der Waals surface area (Å²) in [5.74, 6) is 1.64. The van der Waals surface area contributed by atoms with Gasteiger partial charge in [0, 0.05) is 36.8 Å². The van der Waals surface area contributed by atoms with E-state index in [1.807, 2.05) is 0 Å². The monoisotopic (exact) mass is 384 g/mol. The van der Waals surface area contributed by atoms with E-state index in [0.717, 1.165) is 25.9 Å². The van der Waals surface area contributed by atoms with Crippen LogP contribution >= 0.6 is 0 Å². The zero-order chi connectivity index (χ0) is 18.9. The molecular weight excluding hydrogens is 360 g/mol. The number of nitrogens with zero attached hydrogens (tertiary/aromatic N) is 2. The van der Waals surface area contributed by atoms with Crippen molar-refractivity contribution in [1.82, 2.24) is 15.8 Å². The molecule has 3 aliphatic heterocycles. The van der Waals surface area contributed by atoms with E-state index < -0.39 is 0 Å². The van der Waals surface area contributed by atoms with Gasteiger partial charge in [0.15, 0.2) is 0 Å². The van der Waals surface area contributed by atoms with Crippen molar-refractivity contribution in [1.29, 1.82) is 0 Å². The molecule has 3 fully saturated rings. The summed E-state index contributed by atoms with van der Waals surface area (Å²) in [6, 6.07) is 10.1. The Labute approximate surface area is 163 Å². The minimum atomic E-state index is -0.0399. The lowest BCUT2D eigenvalue weighted by molar-refractivity contribution is 0.0931. The second kappa shape index (κ2) is 7.44. The van der Waals surface area contributed by atoms with Gasteiger partial charge in [0.2, 0.25) is 5.88 Å². The van der Waals surface area contributed by atoms with E-state index in [4.69, 9.17) is 14.0 Å². The van der Waals surface area contributed by atoms with Crippen molar-refractivity contribution in [2.75, 3.05) is 31.2 Å². The van der Waals surface area contributed by atoms with Gasteiger partial charge >= 0.3 is 0 Å². The normalized spacial score (nSPS) is 26.4. The molecule has 0 radical (unpaired) electrons. The third kappa shape index (κ3) is 3.57. The van der Waals surface area contributed by atoms with E-state index in [-0.39, 0.29) is 11.9 Å². The van der Waals surface area contributed by atoms with Crippen LogP contribution in [0.5, 0.6) is 11.6 Å². The third-order valence-electron chi connectivity index (χ3n) is 5.75. The number of hydrogen-bond donors (Lipinski definition) is 2. The number of carbonyl (C=O) groups is 1. The molecule has 2 aromatic rings. The summed E-state index contributed by atoms with van der Waals surface area (Å²) in [5.41, 5.74) is 0.629. The standard InChI is InChI=1S/C20H24N4O4/c25-20(22-17-11-14-3-6-16(17)21-14)13-1-4-15(5-2-13)27-18-12-19(28-23-18)24-7-9-26-10-8-24/h1-2,4-5,12,14,16-17,21H,3,6-11H2,(H,22,25). The highest BCUT2D eigenvalue weighted by atomic mass is 16.5. The topological polar surface area (TPSA) is 88.9 Å². The van der Waals surface area contributed by atoms with E-state index in [0.29, 0.717) is 48.4 Å². The van der Waals surface area contributed by atoms with E-state index in [1.54, 1.807) is 30.3 Å². The Hall–Kier alpha value is -2.58. The molecule has 1 aromatic heterocycles. The highest BCUT2D eigenvalue weighted by Gasteiger charge is 2.39. The molecule has 1 amide bonds. The molecule has 3 aliphatic rings. The van der Waals surface area contributed by atoms with E-state index >= 15 is 0 Å². The maximum Gasteiger partial charge on any atom is 0.261 e. The number of nitrogens with one attached hydrogen (secondary N) is 2. The van der Waals surface area contributed by atoms with Gasteiger partial charge < -0.3 is 29.5 Å². The van der Waals surface area contributed by atoms with Crippen LogP contribution in [-0.2, 0) is 4.74 Å². The van der Waals surface area contributed by atoms with Gasteiger partial charge in [-0.3, -0.25) is 4.79 Å². The van der Waals surface area contributed by atoms with Crippen molar-refractivity contribution in [3.63, 3.8) is 0 Å². The summed E-state index contributed by atoms with van der Waals surface area (Å²) < 4.78 is 16.5. The smallest absolute Gasteiger partial charge is 0.261 e. The number of morpholine rings is 1. The quantitative estimate of drug-likeness (QED) is 0.814. The number of anilines is 1. The Morgan fingerprint density at radius 1 is 1.21 bits per heavy atom. The number of aromatic nitrogens is 1. The molecule has 3 atom stereocenters. The number of amides is 1. The first-order chi connectivity index (χ1) is 13.7. The van der Waals surface area contributed by atoms with Crippen LogP contribution in [0.2, 0.25) is 0 Å². The van der Waals surface area contributed by atoms with Crippen LogP contribution < -0.4 is 20.3 Å². The van der Waals surface area contributed by atoms with Crippen molar-refractivity contribution in [3.05, 3.63) is 35.9 Å². The Morgan fingerprint density at radius 3 is 2.75 bits per heavy atom. The van der Waals surface area contributed by atoms with E-state index in [9.17, 15) is 4.79 Å². The maximum absolute atomic E-state index is 12.5. The second-order valence-electron chi connectivity index (χ2n) is 7.59. The van der Waals surface area contributed by atoms with E-state index in [1.165, 1.54) is 6.42 Å². The average molecular weight is 384 g/mol. The molecule has 0 saturated carbocycles. The summed E-state index contributed by atoms with van der Waals surface area (Å²) in [7, 11) is 0. The van der Waals surface area contributed by atoms with Crippen molar-refractivity contribution in [2.24, 2.45) is 0 Å². The molecule has 3 saturated heterocycles. The zero-order valence-electron chi connectivity index (χ0n) is 15.6. The van der Waals surface area contributed by atoms with Crippen molar-refractivity contribution in [2.45, 2.75) is 37.4 Å². The number of ether oxygens (including phenoxy) is 2. The lowest BCUT2D eigenvalue weighted by atomic mass is 9.95. The molecular formula is C20H24N4O4. The molecule has 2 N–H and O–H groups in total. The van der Waals surface area contributed by atoms with Crippen LogP contribution in [0, 0.1) is 0 Å². The Kier molecular flexibility index (Phi) is 4.66. The van der Waals surface area contributed by atoms with Crippen LogP contribution in [0.3, 0.4) is 0 Å². The first-order valence-corrected chi connectivity index (χ1v) is 9.89. The number of carbonyl (C=O) groups excluding carboxylic acids is 1. The number of rotatable bonds is 5. The average Bonchev–Trinajstić information content (AvgIpc) is 3.46. The van der Waals surface area contributed by atoms with Crippen LogP contribution in [0.4, 0.5) is 5.88 Å². The summed E-state index contributed by atoms with van der Waals surface area (Å²) in [5, 5.41) is 10.7. The van der Waals surface area contributed by atoms with Gasteiger partial charge in [0.1, 0.15) is 5.75 Å². The molecule has 1 aromatic carbocycles. The summed E-state index contributed by atoms with van der Waals surface area (Å²) in [6.07, 6.45) is 3.39. The lowest BCUT2D eigenvalue weighted by Gasteiger charge is -2.25.